The molecule has 0 saturated heterocycles. The highest BCUT2D eigenvalue weighted by Gasteiger charge is 2.22. The van der Waals surface area contributed by atoms with E-state index >= 15 is 0 Å². The Morgan fingerprint density at radius 3 is 2.08 bits per heavy atom. The van der Waals surface area contributed by atoms with Gasteiger partial charge in [0.15, 0.2) is 0 Å². The average molecular weight is 185 g/mol. The minimum absolute atomic E-state index is 0.455. The van der Waals surface area contributed by atoms with Gasteiger partial charge in [-0.25, -0.2) is 0 Å². The molecule has 1 atom stereocenters. The molecule has 0 spiro atoms. The number of rotatable bonds is 6. The largest absolute Gasteiger partial charge is 0.316 e. The van der Waals surface area contributed by atoms with Crippen molar-refractivity contribution in [2.24, 2.45) is 11.3 Å². The van der Waals surface area contributed by atoms with Crippen molar-refractivity contribution in [2.75, 3.05) is 13.1 Å². The fourth-order valence-electron chi connectivity index (χ4n) is 1.64. The summed E-state index contributed by atoms with van der Waals surface area (Å²) in [4.78, 5) is 0. The van der Waals surface area contributed by atoms with Crippen molar-refractivity contribution in [1.29, 1.82) is 0 Å². The highest BCUT2D eigenvalue weighted by atomic mass is 14.9. The maximum Gasteiger partial charge on any atom is -0.00155 e. The Kier molecular flexibility index (Phi) is 6.40. The smallest absolute Gasteiger partial charge is 0.00155 e. The lowest BCUT2D eigenvalue weighted by Gasteiger charge is -2.30. The summed E-state index contributed by atoms with van der Waals surface area (Å²) in [6.07, 6.45) is 3.89. The third kappa shape index (κ3) is 6.09. The molecule has 0 rings (SSSR count). The minimum atomic E-state index is 0.455. The van der Waals surface area contributed by atoms with Crippen LogP contribution in [0.25, 0.3) is 0 Å². The summed E-state index contributed by atoms with van der Waals surface area (Å²) < 4.78 is 0. The van der Waals surface area contributed by atoms with E-state index < -0.39 is 0 Å². The Hall–Kier alpha value is -0.0400. The van der Waals surface area contributed by atoms with Crippen LogP contribution in [0.15, 0.2) is 0 Å². The first-order valence-corrected chi connectivity index (χ1v) is 5.73. The molecule has 0 saturated carbocycles. The van der Waals surface area contributed by atoms with Gasteiger partial charge < -0.3 is 5.32 Å². The van der Waals surface area contributed by atoms with Crippen molar-refractivity contribution < 1.29 is 0 Å². The van der Waals surface area contributed by atoms with Crippen LogP contribution in [0.4, 0.5) is 0 Å². The van der Waals surface area contributed by atoms with Crippen molar-refractivity contribution in [3.05, 3.63) is 0 Å². The van der Waals surface area contributed by atoms with Crippen LogP contribution in [0.3, 0.4) is 0 Å². The maximum absolute atomic E-state index is 3.53. The molecule has 0 aromatic heterocycles. The first-order valence-electron chi connectivity index (χ1n) is 5.73. The third-order valence-electron chi connectivity index (χ3n) is 2.68. The van der Waals surface area contributed by atoms with Crippen molar-refractivity contribution in [3.63, 3.8) is 0 Å². The van der Waals surface area contributed by atoms with Gasteiger partial charge in [0.2, 0.25) is 0 Å². The first-order chi connectivity index (χ1) is 6.02. The second-order valence-corrected chi connectivity index (χ2v) is 5.06. The zero-order valence-electron chi connectivity index (χ0n) is 10.1. The van der Waals surface area contributed by atoms with E-state index in [0.717, 1.165) is 12.5 Å². The fraction of sp³-hybridized carbons (Fsp3) is 1.00. The number of hydrogen-bond acceptors (Lipinski definition) is 1. The maximum atomic E-state index is 3.53. The fourth-order valence-corrected chi connectivity index (χ4v) is 1.64. The van der Waals surface area contributed by atoms with Crippen molar-refractivity contribution in [1.82, 2.24) is 5.32 Å². The highest BCUT2D eigenvalue weighted by Crippen LogP contribution is 2.28. The van der Waals surface area contributed by atoms with E-state index in [4.69, 9.17) is 0 Å². The zero-order chi connectivity index (χ0) is 10.3. The van der Waals surface area contributed by atoms with E-state index in [1.807, 2.05) is 0 Å². The van der Waals surface area contributed by atoms with E-state index in [1.165, 1.54) is 25.8 Å². The summed E-state index contributed by atoms with van der Waals surface area (Å²) in [6.45, 7) is 13.9. The van der Waals surface area contributed by atoms with Gasteiger partial charge in [-0.05, 0) is 37.3 Å². The zero-order valence-corrected chi connectivity index (χ0v) is 10.1. The Morgan fingerprint density at radius 2 is 1.69 bits per heavy atom. The van der Waals surface area contributed by atoms with Gasteiger partial charge >= 0.3 is 0 Å². The highest BCUT2D eigenvalue weighted by molar-refractivity contribution is 4.75. The van der Waals surface area contributed by atoms with E-state index in [-0.39, 0.29) is 0 Å². The van der Waals surface area contributed by atoms with E-state index in [1.54, 1.807) is 0 Å². The van der Waals surface area contributed by atoms with Crippen molar-refractivity contribution >= 4 is 0 Å². The van der Waals surface area contributed by atoms with Crippen LogP contribution in [-0.2, 0) is 0 Å². The molecule has 13 heavy (non-hydrogen) atoms. The number of hydrogen-bond donors (Lipinski definition) is 1. The van der Waals surface area contributed by atoms with Crippen LogP contribution >= 0.6 is 0 Å². The topological polar surface area (TPSA) is 12.0 Å². The van der Waals surface area contributed by atoms with Gasteiger partial charge in [0.1, 0.15) is 0 Å². The van der Waals surface area contributed by atoms with Crippen LogP contribution in [-0.4, -0.2) is 13.1 Å². The van der Waals surface area contributed by atoms with Gasteiger partial charge in [-0.2, -0.15) is 0 Å². The summed E-state index contributed by atoms with van der Waals surface area (Å²) in [5.74, 6) is 0.823. The molecule has 0 fully saturated rings. The normalized spacial score (nSPS) is 14.5. The summed E-state index contributed by atoms with van der Waals surface area (Å²) in [5, 5.41) is 3.53. The van der Waals surface area contributed by atoms with Crippen molar-refractivity contribution in [3.8, 4) is 0 Å². The van der Waals surface area contributed by atoms with Gasteiger partial charge in [0, 0.05) is 0 Å². The Bertz CT molecular complexity index is 113. The molecule has 1 nitrogen and oxygen atoms in total. The summed E-state index contributed by atoms with van der Waals surface area (Å²) >= 11 is 0. The molecule has 1 unspecified atom stereocenters. The Labute approximate surface area is 84.3 Å². The molecule has 0 amide bonds. The molecule has 80 valence electrons. The molecular formula is C12H27N. The van der Waals surface area contributed by atoms with E-state index in [2.05, 4.69) is 39.9 Å². The number of nitrogens with one attached hydrogen (secondary N) is 1. The van der Waals surface area contributed by atoms with Gasteiger partial charge in [0.05, 0.1) is 0 Å². The van der Waals surface area contributed by atoms with Gasteiger partial charge in [-0.3, -0.25) is 0 Å². The lowest BCUT2D eigenvalue weighted by atomic mass is 9.78. The van der Waals surface area contributed by atoms with Crippen LogP contribution < -0.4 is 5.32 Å². The molecule has 1 heteroatoms. The van der Waals surface area contributed by atoms with Crippen LogP contribution in [0.5, 0.6) is 0 Å². The molecule has 0 heterocycles. The second-order valence-electron chi connectivity index (χ2n) is 5.06. The average Bonchev–Trinajstić information content (AvgIpc) is 2.01. The predicted molar refractivity (Wildman–Crippen MR) is 61.0 cm³/mol. The van der Waals surface area contributed by atoms with Gasteiger partial charge in [-0.1, -0.05) is 41.0 Å². The van der Waals surface area contributed by atoms with Crippen molar-refractivity contribution in [2.45, 2.75) is 53.9 Å². The quantitative estimate of drug-likeness (QED) is 0.625. The molecule has 0 aliphatic carbocycles. The third-order valence-corrected chi connectivity index (χ3v) is 2.68. The van der Waals surface area contributed by atoms with E-state index in [0.29, 0.717) is 5.41 Å². The predicted octanol–water partition coefficient (Wildman–Crippen LogP) is 3.45. The Morgan fingerprint density at radius 1 is 1.08 bits per heavy atom. The lowest BCUT2D eigenvalue weighted by Crippen LogP contribution is -2.32. The van der Waals surface area contributed by atoms with E-state index in [9.17, 15) is 0 Å². The van der Waals surface area contributed by atoms with Crippen LogP contribution in [0, 0.1) is 11.3 Å². The van der Waals surface area contributed by atoms with Crippen LogP contribution in [0.1, 0.15) is 53.9 Å². The summed E-state index contributed by atoms with van der Waals surface area (Å²) in [5.41, 5.74) is 0.455. The summed E-state index contributed by atoms with van der Waals surface area (Å²) in [6, 6.07) is 0. The second kappa shape index (κ2) is 6.42. The Balaban J connectivity index is 3.81. The molecular weight excluding hydrogens is 158 g/mol. The molecule has 0 aliphatic rings. The molecule has 0 aliphatic heterocycles. The summed E-state index contributed by atoms with van der Waals surface area (Å²) in [7, 11) is 0. The molecule has 0 bridgehead atoms. The standard InChI is InChI=1S/C12H27N/c1-6-8-11(12(3,4)5)10-13-9-7-2/h11,13H,6-10H2,1-5H3. The van der Waals surface area contributed by atoms with Gasteiger partial charge in [-0.15, -0.1) is 0 Å². The molecule has 0 aromatic carbocycles. The lowest BCUT2D eigenvalue weighted by molar-refractivity contribution is 0.217. The minimum Gasteiger partial charge on any atom is -0.316 e. The molecule has 1 N–H and O–H groups in total. The first kappa shape index (κ1) is 13.0. The SMILES string of the molecule is CCCNCC(CCC)C(C)(C)C. The van der Waals surface area contributed by atoms with Crippen LogP contribution in [0.2, 0.25) is 0 Å². The monoisotopic (exact) mass is 185 g/mol. The molecule has 0 radical (unpaired) electrons. The van der Waals surface area contributed by atoms with Gasteiger partial charge in [0.25, 0.3) is 0 Å². The molecule has 0 aromatic rings.